The van der Waals surface area contributed by atoms with Gasteiger partial charge in [0, 0.05) is 22.6 Å². The first kappa shape index (κ1) is 19.7. The summed E-state index contributed by atoms with van der Waals surface area (Å²) >= 11 is 0. The molecule has 0 spiro atoms. The number of hydrogen-bond donors (Lipinski definition) is 1. The Labute approximate surface area is 154 Å². The van der Waals surface area contributed by atoms with Gasteiger partial charge in [0.25, 0.3) is 0 Å². The van der Waals surface area contributed by atoms with Crippen LogP contribution in [0.15, 0.2) is 41.4 Å². The van der Waals surface area contributed by atoms with Crippen molar-refractivity contribution in [1.82, 2.24) is 0 Å². The number of phenolic OH excluding ortho intramolecular Hbond substituents is 1. The van der Waals surface area contributed by atoms with E-state index in [0.29, 0.717) is 14.3 Å². The summed E-state index contributed by atoms with van der Waals surface area (Å²) in [6.45, 7) is 14.8. The standard InChI is InChI=1S/C22H30NOP/c1-15-12-17(21(2,3)4)20(24)19(13-15)25-18-11-9-8-10-16(18)14-23-22(5,6)7/h8-14,24-25H,1-7H3. The van der Waals surface area contributed by atoms with Crippen molar-refractivity contribution in [3.8, 4) is 5.75 Å². The van der Waals surface area contributed by atoms with Crippen molar-refractivity contribution in [2.24, 2.45) is 4.99 Å². The van der Waals surface area contributed by atoms with Crippen molar-refractivity contribution in [2.75, 3.05) is 0 Å². The first-order chi connectivity index (χ1) is 11.5. The Morgan fingerprint density at radius 1 is 0.960 bits per heavy atom. The van der Waals surface area contributed by atoms with Crippen molar-refractivity contribution in [3.05, 3.63) is 53.1 Å². The maximum atomic E-state index is 10.8. The van der Waals surface area contributed by atoms with Gasteiger partial charge in [-0.3, -0.25) is 4.99 Å². The molecule has 2 nitrogen and oxygen atoms in total. The minimum absolute atomic E-state index is 0.0808. The quantitative estimate of drug-likeness (QED) is 0.620. The molecule has 25 heavy (non-hydrogen) atoms. The summed E-state index contributed by atoms with van der Waals surface area (Å²) in [5.41, 5.74) is 3.14. The van der Waals surface area contributed by atoms with Crippen molar-refractivity contribution in [1.29, 1.82) is 0 Å². The Morgan fingerprint density at radius 2 is 1.60 bits per heavy atom. The molecule has 1 N–H and O–H groups in total. The van der Waals surface area contributed by atoms with Crippen molar-refractivity contribution in [3.63, 3.8) is 0 Å². The van der Waals surface area contributed by atoms with Gasteiger partial charge in [0.15, 0.2) is 0 Å². The largest absolute Gasteiger partial charge is 0.507 e. The number of benzene rings is 2. The SMILES string of the molecule is Cc1cc(Pc2ccccc2C=NC(C)(C)C)c(O)c(C(C)(C)C)c1. The molecule has 0 fully saturated rings. The van der Waals surface area contributed by atoms with E-state index < -0.39 is 0 Å². The smallest absolute Gasteiger partial charge is 0.127 e. The summed E-state index contributed by atoms with van der Waals surface area (Å²) in [6, 6.07) is 12.5. The molecule has 0 heterocycles. The molecule has 3 heteroatoms. The molecular formula is C22H30NOP. The van der Waals surface area contributed by atoms with Gasteiger partial charge in [-0.25, -0.2) is 0 Å². The average molecular weight is 355 g/mol. The molecule has 134 valence electrons. The van der Waals surface area contributed by atoms with E-state index in [0.717, 1.165) is 16.4 Å². The van der Waals surface area contributed by atoms with E-state index in [1.54, 1.807) is 0 Å². The number of nitrogens with zero attached hydrogens (tertiary/aromatic N) is 1. The molecular weight excluding hydrogens is 325 g/mol. The van der Waals surface area contributed by atoms with Crippen LogP contribution in [-0.4, -0.2) is 16.9 Å². The average Bonchev–Trinajstić information content (AvgIpc) is 2.47. The number of rotatable bonds is 3. The zero-order valence-corrected chi connectivity index (χ0v) is 17.4. The van der Waals surface area contributed by atoms with E-state index in [1.807, 2.05) is 18.3 Å². The zero-order valence-electron chi connectivity index (χ0n) is 16.4. The Hall–Kier alpha value is -1.66. The van der Waals surface area contributed by atoms with Gasteiger partial charge < -0.3 is 5.11 Å². The summed E-state index contributed by atoms with van der Waals surface area (Å²) in [4.78, 5) is 4.64. The molecule has 0 saturated carbocycles. The minimum atomic E-state index is -0.0961. The van der Waals surface area contributed by atoms with Crippen LogP contribution in [0.2, 0.25) is 0 Å². The van der Waals surface area contributed by atoms with Gasteiger partial charge in [-0.2, -0.15) is 0 Å². The van der Waals surface area contributed by atoms with Gasteiger partial charge in [0.05, 0.1) is 5.54 Å². The highest BCUT2D eigenvalue weighted by Crippen LogP contribution is 2.33. The fourth-order valence-electron chi connectivity index (χ4n) is 2.58. The minimum Gasteiger partial charge on any atom is -0.507 e. The topological polar surface area (TPSA) is 32.6 Å². The van der Waals surface area contributed by atoms with Crippen LogP contribution < -0.4 is 10.6 Å². The number of aryl methyl sites for hydroxylation is 1. The van der Waals surface area contributed by atoms with Crippen molar-refractivity contribution >= 4 is 25.4 Å². The number of phenols is 1. The van der Waals surface area contributed by atoms with Crippen LogP contribution in [0.1, 0.15) is 58.2 Å². The molecule has 1 atom stereocenters. The summed E-state index contributed by atoms with van der Waals surface area (Å²) in [6.07, 6.45) is 1.96. The normalized spacial score (nSPS) is 13.2. The van der Waals surface area contributed by atoms with Gasteiger partial charge in [-0.1, -0.05) is 59.7 Å². The van der Waals surface area contributed by atoms with Crippen LogP contribution in [0.5, 0.6) is 5.75 Å². The summed E-state index contributed by atoms with van der Waals surface area (Å²) < 4.78 is 0. The third-order valence-corrected chi connectivity index (χ3v) is 5.26. The molecule has 1 unspecified atom stereocenters. The van der Waals surface area contributed by atoms with E-state index in [1.165, 1.54) is 10.9 Å². The van der Waals surface area contributed by atoms with E-state index in [4.69, 9.17) is 0 Å². The Bertz CT molecular complexity index is 780. The molecule has 0 radical (unpaired) electrons. The van der Waals surface area contributed by atoms with Crippen LogP contribution in [0.3, 0.4) is 0 Å². The van der Waals surface area contributed by atoms with Gasteiger partial charge in [0.1, 0.15) is 5.75 Å². The van der Waals surface area contributed by atoms with E-state index in [-0.39, 0.29) is 11.0 Å². The van der Waals surface area contributed by atoms with Crippen LogP contribution in [0, 0.1) is 6.92 Å². The van der Waals surface area contributed by atoms with Crippen molar-refractivity contribution < 1.29 is 5.11 Å². The van der Waals surface area contributed by atoms with E-state index in [9.17, 15) is 5.11 Å². The van der Waals surface area contributed by atoms with Crippen molar-refractivity contribution in [2.45, 2.75) is 59.4 Å². The van der Waals surface area contributed by atoms with E-state index in [2.05, 4.69) is 77.7 Å². The first-order valence-corrected chi connectivity index (χ1v) is 9.73. The predicted molar refractivity (Wildman–Crippen MR) is 113 cm³/mol. The lowest BCUT2D eigenvalue weighted by molar-refractivity contribution is 0.450. The highest BCUT2D eigenvalue weighted by atomic mass is 31.1. The monoisotopic (exact) mass is 355 g/mol. The molecule has 2 rings (SSSR count). The second-order valence-corrected chi connectivity index (χ2v) is 9.93. The maximum absolute atomic E-state index is 10.8. The molecule has 2 aromatic carbocycles. The maximum Gasteiger partial charge on any atom is 0.127 e. The fraction of sp³-hybridized carbons (Fsp3) is 0.409. The lowest BCUT2D eigenvalue weighted by atomic mass is 9.85. The van der Waals surface area contributed by atoms with Crippen LogP contribution >= 0.6 is 8.58 Å². The molecule has 0 saturated heterocycles. The molecule has 0 amide bonds. The zero-order chi connectivity index (χ0) is 18.8. The van der Waals surface area contributed by atoms with Gasteiger partial charge in [0.2, 0.25) is 0 Å². The molecule has 0 aliphatic heterocycles. The first-order valence-electron chi connectivity index (χ1n) is 8.73. The van der Waals surface area contributed by atoms with Gasteiger partial charge in [-0.05, 0) is 50.0 Å². The lowest BCUT2D eigenvalue weighted by Gasteiger charge is -2.23. The number of aromatic hydroxyl groups is 1. The second kappa shape index (κ2) is 7.30. The van der Waals surface area contributed by atoms with Gasteiger partial charge in [-0.15, -0.1) is 0 Å². The summed E-state index contributed by atoms with van der Waals surface area (Å²) in [5.74, 6) is 0.430. The molecule has 0 aromatic heterocycles. The highest BCUT2D eigenvalue weighted by Gasteiger charge is 2.21. The molecule has 0 aliphatic rings. The van der Waals surface area contributed by atoms with E-state index >= 15 is 0 Å². The predicted octanol–water partition coefficient (Wildman–Crippen LogP) is 4.84. The molecule has 2 aromatic rings. The summed E-state index contributed by atoms with van der Waals surface area (Å²) in [7, 11) is 0.398. The van der Waals surface area contributed by atoms with Crippen LogP contribution in [0.4, 0.5) is 0 Å². The fourth-order valence-corrected chi connectivity index (χ4v) is 3.89. The Kier molecular flexibility index (Phi) is 5.74. The van der Waals surface area contributed by atoms with Gasteiger partial charge >= 0.3 is 0 Å². The molecule has 0 aliphatic carbocycles. The Morgan fingerprint density at radius 3 is 2.20 bits per heavy atom. The Balaban J connectivity index is 2.45. The summed E-state index contributed by atoms with van der Waals surface area (Å²) in [5, 5.41) is 13.0. The highest BCUT2D eigenvalue weighted by molar-refractivity contribution is 7.56. The van der Waals surface area contributed by atoms with Crippen LogP contribution in [0.25, 0.3) is 0 Å². The number of aliphatic imine (C=N–C) groups is 1. The molecule has 0 bridgehead atoms. The second-order valence-electron chi connectivity index (χ2n) is 8.60. The lowest BCUT2D eigenvalue weighted by Crippen LogP contribution is -2.17. The third-order valence-electron chi connectivity index (χ3n) is 3.88. The third kappa shape index (κ3) is 5.41. The van der Waals surface area contributed by atoms with Crippen LogP contribution in [-0.2, 0) is 5.41 Å². The number of hydrogen-bond acceptors (Lipinski definition) is 2.